The maximum Gasteiger partial charge on any atom is 0.344 e. The number of hydrogen-bond donors (Lipinski definition) is 0. The molecule has 0 fully saturated rings. The Kier molecular flexibility index (Phi) is 6.88. The highest BCUT2D eigenvalue weighted by Gasteiger charge is 2.23. The molecule has 0 unspecified atom stereocenters. The van der Waals surface area contributed by atoms with E-state index >= 15 is 0 Å². The Morgan fingerprint density at radius 2 is 1.50 bits per heavy atom. The van der Waals surface area contributed by atoms with Gasteiger partial charge >= 0.3 is 5.97 Å². The molecule has 0 aromatic heterocycles. The van der Waals surface area contributed by atoms with Crippen LogP contribution in [0.5, 0.6) is 5.75 Å². The van der Waals surface area contributed by atoms with Crippen molar-refractivity contribution < 1.29 is 14.3 Å². The van der Waals surface area contributed by atoms with Crippen molar-refractivity contribution in [2.24, 2.45) is 0 Å². The first kappa shape index (κ1) is 20.3. The van der Waals surface area contributed by atoms with Crippen molar-refractivity contribution in [1.82, 2.24) is 0 Å². The fourth-order valence-corrected chi connectivity index (χ4v) is 4.43. The van der Waals surface area contributed by atoms with E-state index in [0.717, 1.165) is 35.5 Å². The smallest absolute Gasteiger partial charge is 0.344 e. The van der Waals surface area contributed by atoms with E-state index in [1.807, 2.05) is 48.5 Å². The summed E-state index contributed by atoms with van der Waals surface area (Å²) < 4.78 is 11.3. The van der Waals surface area contributed by atoms with Gasteiger partial charge in [-0.1, -0.05) is 72.8 Å². The lowest BCUT2D eigenvalue weighted by Crippen LogP contribution is -2.20. The fourth-order valence-electron chi connectivity index (χ4n) is 3.35. The van der Waals surface area contributed by atoms with Crippen LogP contribution >= 0.6 is 11.8 Å². The molecular formula is C26H24O3S. The van der Waals surface area contributed by atoms with E-state index < -0.39 is 0 Å². The van der Waals surface area contributed by atoms with Gasteiger partial charge in [-0.3, -0.25) is 0 Å². The van der Waals surface area contributed by atoms with Crippen LogP contribution in [0.3, 0.4) is 0 Å². The van der Waals surface area contributed by atoms with Gasteiger partial charge in [0.05, 0.1) is 11.5 Å². The van der Waals surface area contributed by atoms with Crippen LogP contribution in [0.25, 0.3) is 11.1 Å². The quantitative estimate of drug-likeness (QED) is 0.428. The van der Waals surface area contributed by atoms with Crippen LogP contribution in [0.15, 0.2) is 95.4 Å². The first-order valence-electron chi connectivity index (χ1n) is 10.1. The van der Waals surface area contributed by atoms with Gasteiger partial charge in [0.2, 0.25) is 0 Å². The van der Waals surface area contributed by atoms with E-state index in [0.29, 0.717) is 18.1 Å². The van der Waals surface area contributed by atoms with E-state index in [1.165, 1.54) is 11.1 Å². The van der Waals surface area contributed by atoms with Crippen molar-refractivity contribution in [3.63, 3.8) is 0 Å². The molecule has 0 atom stereocenters. The summed E-state index contributed by atoms with van der Waals surface area (Å²) in [5.41, 5.74) is 4.63. The predicted octanol–water partition coefficient (Wildman–Crippen LogP) is 5.91. The van der Waals surface area contributed by atoms with Gasteiger partial charge in [0, 0.05) is 12.2 Å². The maximum atomic E-state index is 12.3. The van der Waals surface area contributed by atoms with Crippen molar-refractivity contribution >= 4 is 17.7 Å². The normalized spacial score (nSPS) is 13.8. The molecule has 0 N–H and O–H groups in total. The molecule has 152 valence electrons. The van der Waals surface area contributed by atoms with Crippen LogP contribution in [0.1, 0.15) is 12.0 Å². The molecule has 3 aromatic carbocycles. The SMILES string of the molecule is O=C1OCCC(COc2ccc(-c3ccccc3)cc2)=C1SCCc1ccccc1. The molecule has 0 radical (unpaired) electrons. The van der Waals surface area contributed by atoms with E-state index in [9.17, 15) is 4.79 Å². The highest BCUT2D eigenvalue weighted by molar-refractivity contribution is 8.04. The van der Waals surface area contributed by atoms with Gasteiger partial charge in [0.15, 0.2) is 0 Å². The average Bonchev–Trinajstić information content (AvgIpc) is 2.81. The zero-order valence-corrected chi connectivity index (χ0v) is 17.6. The zero-order chi connectivity index (χ0) is 20.6. The van der Waals surface area contributed by atoms with Gasteiger partial charge < -0.3 is 9.47 Å². The Balaban J connectivity index is 1.38. The molecule has 0 bridgehead atoms. The number of carbonyl (C=O) groups excluding carboxylic acids is 1. The van der Waals surface area contributed by atoms with Gasteiger partial charge in [-0.05, 0) is 40.8 Å². The van der Waals surface area contributed by atoms with Crippen molar-refractivity contribution in [2.45, 2.75) is 12.8 Å². The third-order valence-electron chi connectivity index (χ3n) is 5.00. The Morgan fingerprint density at radius 3 is 2.23 bits per heavy atom. The lowest BCUT2D eigenvalue weighted by molar-refractivity contribution is -0.139. The minimum absolute atomic E-state index is 0.225. The topological polar surface area (TPSA) is 35.5 Å². The van der Waals surface area contributed by atoms with Gasteiger partial charge in [-0.25, -0.2) is 4.79 Å². The number of esters is 1. The van der Waals surface area contributed by atoms with Crippen molar-refractivity contribution in [3.05, 3.63) is 101 Å². The largest absolute Gasteiger partial charge is 0.489 e. The number of benzene rings is 3. The molecule has 0 aliphatic carbocycles. The summed E-state index contributed by atoms with van der Waals surface area (Å²) in [6, 6.07) is 28.6. The lowest BCUT2D eigenvalue weighted by Gasteiger charge is -2.20. The van der Waals surface area contributed by atoms with E-state index in [1.54, 1.807) is 11.8 Å². The van der Waals surface area contributed by atoms with E-state index in [2.05, 4.69) is 36.4 Å². The summed E-state index contributed by atoms with van der Waals surface area (Å²) in [4.78, 5) is 13.0. The van der Waals surface area contributed by atoms with Crippen molar-refractivity contribution in [3.8, 4) is 16.9 Å². The highest BCUT2D eigenvalue weighted by atomic mass is 32.2. The molecular weight excluding hydrogens is 392 g/mol. The van der Waals surface area contributed by atoms with Gasteiger partial charge in [-0.2, -0.15) is 0 Å². The van der Waals surface area contributed by atoms with Gasteiger partial charge in [0.1, 0.15) is 12.4 Å². The number of ether oxygens (including phenoxy) is 2. The molecule has 3 nitrogen and oxygen atoms in total. The van der Waals surface area contributed by atoms with Crippen LogP contribution in [-0.4, -0.2) is 24.9 Å². The molecule has 0 amide bonds. The summed E-state index contributed by atoms with van der Waals surface area (Å²) in [7, 11) is 0. The second-order valence-corrected chi connectivity index (χ2v) is 8.19. The molecule has 0 spiro atoms. The summed E-state index contributed by atoms with van der Waals surface area (Å²) in [5.74, 6) is 1.41. The first-order valence-corrected chi connectivity index (χ1v) is 11.1. The number of carbonyl (C=O) groups is 1. The van der Waals surface area contributed by atoms with Gasteiger partial charge in [-0.15, -0.1) is 11.8 Å². The fraction of sp³-hybridized carbons (Fsp3) is 0.192. The molecule has 0 saturated heterocycles. The summed E-state index contributed by atoms with van der Waals surface area (Å²) in [5, 5.41) is 0. The number of thioether (sulfide) groups is 1. The molecule has 0 saturated carbocycles. The monoisotopic (exact) mass is 416 g/mol. The van der Waals surface area contributed by atoms with Crippen LogP contribution < -0.4 is 4.74 Å². The molecule has 1 heterocycles. The second kappa shape index (κ2) is 10.2. The first-order chi connectivity index (χ1) is 14.8. The number of hydrogen-bond acceptors (Lipinski definition) is 4. The molecule has 4 heteroatoms. The Bertz CT molecular complexity index is 995. The Hall–Kier alpha value is -2.98. The lowest BCUT2D eigenvalue weighted by atomic mass is 10.1. The van der Waals surface area contributed by atoms with Crippen LogP contribution in [-0.2, 0) is 16.0 Å². The van der Waals surface area contributed by atoms with E-state index in [-0.39, 0.29) is 5.97 Å². The minimum Gasteiger partial charge on any atom is -0.489 e. The van der Waals surface area contributed by atoms with Crippen LogP contribution in [0, 0.1) is 0 Å². The summed E-state index contributed by atoms with van der Waals surface area (Å²) in [6.07, 6.45) is 1.64. The predicted molar refractivity (Wildman–Crippen MR) is 123 cm³/mol. The second-order valence-electron chi connectivity index (χ2n) is 7.08. The molecule has 3 aromatic rings. The standard InChI is InChI=1S/C26H24O3S/c27-26-25(30-18-16-20-7-3-1-4-8-20)23(15-17-28-26)19-29-24-13-11-22(12-14-24)21-9-5-2-6-10-21/h1-14H,15-19H2. The number of rotatable bonds is 8. The molecule has 1 aliphatic heterocycles. The highest BCUT2D eigenvalue weighted by Crippen LogP contribution is 2.29. The molecule has 30 heavy (non-hydrogen) atoms. The number of aryl methyl sites for hydroxylation is 1. The van der Waals surface area contributed by atoms with Crippen molar-refractivity contribution in [2.75, 3.05) is 19.0 Å². The zero-order valence-electron chi connectivity index (χ0n) is 16.8. The Morgan fingerprint density at radius 1 is 0.833 bits per heavy atom. The molecule has 1 aliphatic rings. The maximum absolute atomic E-state index is 12.3. The van der Waals surface area contributed by atoms with Gasteiger partial charge in [0.25, 0.3) is 0 Å². The van der Waals surface area contributed by atoms with Crippen LogP contribution in [0.4, 0.5) is 0 Å². The van der Waals surface area contributed by atoms with Crippen LogP contribution in [0.2, 0.25) is 0 Å². The van der Waals surface area contributed by atoms with E-state index in [4.69, 9.17) is 9.47 Å². The minimum atomic E-state index is -0.225. The number of cyclic esters (lactones) is 1. The summed E-state index contributed by atoms with van der Waals surface area (Å²) in [6.45, 7) is 0.834. The third-order valence-corrected chi connectivity index (χ3v) is 6.15. The third kappa shape index (κ3) is 5.33. The Labute approximate surface area is 181 Å². The molecule has 4 rings (SSSR count). The van der Waals surface area contributed by atoms with Crippen molar-refractivity contribution in [1.29, 1.82) is 0 Å². The summed E-state index contributed by atoms with van der Waals surface area (Å²) >= 11 is 1.57. The average molecular weight is 417 g/mol.